The van der Waals surface area contributed by atoms with Crippen LogP contribution in [0.15, 0.2) is 12.1 Å². The minimum atomic E-state index is -0.625. The number of amides is 1. The van der Waals surface area contributed by atoms with E-state index in [0.29, 0.717) is 0 Å². The van der Waals surface area contributed by atoms with Gasteiger partial charge in [-0.1, -0.05) is 11.3 Å². The highest BCUT2D eigenvalue weighted by Crippen LogP contribution is 2.18. The summed E-state index contributed by atoms with van der Waals surface area (Å²) in [7, 11) is 0. The maximum absolute atomic E-state index is 11.6. The third-order valence-corrected chi connectivity index (χ3v) is 2.44. The van der Waals surface area contributed by atoms with Gasteiger partial charge in [-0.05, 0) is 11.0 Å². The molecule has 0 saturated heterocycles. The number of anilines is 2. The molecule has 88 valence electrons. The van der Waals surface area contributed by atoms with E-state index in [1.807, 2.05) is 0 Å². The Balaban J connectivity index is 2.11. The number of aromatic amines is 1. The van der Waals surface area contributed by atoms with Gasteiger partial charge in [-0.15, -0.1) is 10.2 Å². The van der Waals surface area contributed by atoms with Crippen molar-refractivity contribution < 1.29 is 9.72 Å². The molecule has 0 unspecified atom stereocenters. The molecule has 10 heteroatoms. The van der Waals surface area contributed by atoms with E-state index >= 15 is 0 Å². The Bertz CT molecular complexity index is 576. The zero-order valence-corrected chi connectivity index (χ0v) is 9.02. The van der Waals surface area contributed by atoms with Crippen LogP contribution in [0.2, 0.25) is 0 Å². The fourth-order valence-electron chi connectivity index (χ4n) is 1.07. The molecular weight excluding hydrogens is 248 g/mol. The van der Waals surface area contributed by atoms with E-state index in [1.165, 1.54) is 12.1 Å². The van der Waals surface area contributed by atoms with E-state index in [2.05, 4.69) is 20.5 Å². The molecule has 2 heterocycles. The Morgan fingerprint density at radius 3 is 2.82 bits per heavy atom. The van der Waals surface area contributed by atoms with E-state index in [4.69, 9.17) is 5.73 Å². The third kappa shape index (κ3) is 2.36. The Morgan fingerprint density at radius 1 is 1.53 bits per heavy atom. The number of nitrogen functional groups attached to an aromatic ring is 1. The highest BCUT2D eigenvalue weighted by Gasteiger charge is 2.16. The Hall–Kier alpha value is -2.49. The van der Waals surface area contributed by atoms with Crippen LogP contribution in [0.5, 0.6) is 0 Å². The van der Waals surface area contributed by atoms with Crippen molar-refractivity contribution in [1.82, 2.24) is 15.2 Å². The first-order chi connectivity index (χ1) is 8.06. The predicted molar refractivity (Wildman–Crippen MR) is 59.7 cm³/mol. The monoisotopic (exact) mass is 254 g/mol. The van der Waals surface area contributed by atoms with Crippen LogP contribution in [0.25, 0.3) is 0 Å². The number of nitrogens with zero attached hydrogens (tertiary/aromatic N) is 3. The Morgan fingerprint density at radius 2 is 2.29 bits per heavy atom. The summed E-state index contributed by atoms with van der Waals surface area (Å²) in [6.07, 6.45) is 0. The Kier molecular flexibility index (Phi) is 2.70. The highest BCUT2D eigenvalue weighted by molar-refractivity contribution is 7.19. The summed E-state index contributed by atoms with van der Waals surface area (Å²) < 4.78 is 0. The lowest BCUT2D eigenvalue weighted by molar-refractivity contribution is -0.389. The van der Waals surface area contributed by atoms with Crippen LogP contribution in [0.4, 0.5) is 16.1 Å². The number of nitro groups is 1. The molecule has 0 bridgehead atoms. The van der Waals surface area contributed by atoms with E-state index < -0.39 is 10.8 Å². The van der Waals surface area contributed by atoms with Gasteiger partial charge < -0.3 is 15.8 Å². The van der Waals surface area contributed by atoms with Crippen LogP contribution in [-0.2, 0) is 0 Å². The maximum Gasteiger partial charge on any atom is 0.321 e. The molecule has 0 aliphatic rings. The van der Waals surface area contributed by atoms with Crippen molar-refractivity contribution >= 4 is 33.3 Å². The number of hydrogen-bond acceptors (Lipinski definition) is 7. The fraction of sp³-hybridized carbons (Fsp3) is 0. The van der Waals surface area contributed by atoms with Crippen molar-refractivity contribution in [3.63, 3.8) is 0 Å². The summed E-state index contributed by atoms with van der Waals surface area (Å²) in [5.41, 5.74) is 5.39. The minimum absolute atomic E-state index is 0.0606. The van der Waals surface area contributed by atoms with Crippen LogP contribution < -0.4 is 11.1 Å². The first-order valence-electron chi connectivity index (χ1n) is 4.30. The normalized spacial score (nSPS) is 10.1. The summed E-state index contributed by atoms with van der Waals surface area (Å²) in [5.74, 6) is -0.804. The molecule has 0 atom stereocenters. The predicted octanol–water partition coefficient (Wildman–Crippen LogP) is 0.609. The lowest BCUT2D eigenvalue weighted by atomic mass is 10.4. The number of rotatable bonds is 3. The molecule has 17 heavy (non-hydrogen) atoms. The van der Waals surface area contributed by atoms with Gasteiger partial charge in [0.25, 0.3) is 5.91 Å². The molecule has 0 radical (unpaired) electrons. The summed E-state index contributed by atoms with van der Waals surface area (Å²) in [4.78, 5) is 23.7. The number of carbonyl (C=O) groups excluding carboxylic acids is 1. The van der Waals surface area contributed by atoms with Gasteiger partial charge in [-0.25, -0.2) is 4.98 Å². The summed E-state index contributed by atoms with van der Waals surface area (Å²) in [6.45, 7) is 0. The molecule has 0 aliphatic heterocycles. The molecule has 0 spiro atoms. The van der Waals surface area contributed by atoms with Gasteiger partial charge in [0, 0.05) is 6.07 Å². The van der Waals surface area contributed by atoms with Crippen LogP contribution in [0.1, 0.15) is 10.5 Å². The van der Waals surface area contributed by atoms with Crippen LogP contribution in [0, 0.1) is 10.1 Å². The number of hydrogen-bond donors (Lipinski definition) is 3. The number of H-pyrrole nitrogens is 1. The second kappa shape index (κ2) is 4.17. The molecule has 0 saturated carbocycles. The topological polar surface area (TPSA) is 140 Å². The first-order valence-corrected chi connectivity index (χ1v) is 5.11. The molecular formula is C7H6N6O3S. The second-order valence-electron chi connectivity index (χ2n) is 2.91. The molecule has 9 nitrogen and oxygen atoms in total. The van der Waals surface area contributed by atoms with E-state index in [-0.39, 0.29) is 21.8 Å². The van der Waals surface area contributed by atoms with Gasteiger partial charge in [0.15, 0.2) is 5.69 Å². The van der Waals surface area contributed by atoms with Crippen molar-refractivity contribution in [3.8, 4) is 0 Å². The molecule has 2 aromatic heterocycles. The van der Waals surface area contributed by atoms with Crippen molar-refractivity contribution in [2.45, 2.75) is 0 Å². The average molecular weight is 254 g/mol. The quantitative estimate of drug-likeness (QED) is 0.541. The van der Waals surface area contributed by atoms with Crippen molar-refractivity contribution in [2.24, 2.45) is 0 Å². The van der Waals surface area contributed by atoms with Gasteiger partial charge >= 0.3 is 5.82 Å². The summed E-state index contributed by atoms with van der Waals surface area (Å²) in [6, 6.07) is 2.50. The lowest BCUT2D eigenvalue weighted by Gasteiger charge is -1.94. The van der Waals surface area contributed by atoms with E-state index in [9.17, 15) is 14.9 Å². The lowest BCUT2D eigenvalue weighted by Crippen LogP contribution is -2.12. The largest absolute Gasteiger partial charge is 0.374 e. The fourth-order valence-corrected chi connectivity index (χ4v) is 1.58. The first kappa shape index (κ1) is 11.0. The maximum atomic E-state index is 11.6. The SMILES string of the molecule is Nc1nnc(NC(=O)c2ccc([N+](=O)[O-])[nH]2)s1. The number of carbonyl (C=O) groups is 1. The van der Waals surface area contributed by atoms with Gasteiger partial charge in [0.1, 0.15) is 0 Å². The smallest absolute Gasteiger partial charge is 0.321 e. The number of nitrogens with two attached hydrogens (primary N) is 1. The third-order valence-electron chi connectivity index (χ3n) is 1.77. The Labute approximate surface area is 97.8 Å². The molecule has 2 rings (SSSR count). The average Bonchev–Trinajstić information content (AvgIpc) is 2.86. The number of nitrogens with one attached hydrogen (secondary N) is 2. The molecule has 1 amide bonds. The standard InChI is InChI=1S/C7H6N6O3S/c8-6-11-12-7(17-6)10-5(14)3-1-2-4(9-3)13(15)16/h1-2,9H,(H2,8,11)(H,10,12,14). The zero-order valence-electron chi connectivity index (χ0n) is 8.21. The van der Waals surface area contributed by atoms with Gasteiger partial charge in [0.2, 0.25) is 10.3 Å². The van der Waals surface area contributed by atoms with E-state index in [0.717, 1.165) is 11.3 Å². The van der Waals surface area contributed by atoms with Crippen molar-refractivity contribution in [2.75, 3.05) is 11.1 Å². The molecule has 0 aliphatic carbocycles. The van der Waals surface area contributed by atoms with Gasteiger partial charge in [-0.2, -0.15) is 0 Å². The summed E-state index contributed by atoms with van der Waals surface area (Å²) >= 11 is 1.000. The van der Waals surface area contributed by atoms with Crippen LogP contribution in [-0.4, -0.2) is 26.0 Å². The molecule has 0 aromatic carbocycles. The molecule has 2 aromatic rings. The van der Waals surface area contributed by atoms with Crippen molar-refractivity contribution in [1.29, 1.82) is 0 Å². The molecule has 0 fully saturated rings. The number of aromatic nitrogens is 3. The van der Waals surface area contributed by atoms with Crippen LogP contribution in [0.3, 0.4) is 0 Å². The van der Waals surface area contributed by atoms with Gasteiger partial charge in [-0.3, -0.25) is 10.1 Å². The van der Waals surface area contributed by atoms with Gasteiger partial charge in [0.05, 0.1) is 0 Å². The zero-order chi connectivity index (χ0) is 12.4. The van der Waals surface area contributed by atoms with Crippen LogP contribution >= 0.6 is 11.3 Å². The minimum Gasteiger partial charge on any atom is -0.374 e. The second-order valence-corrected chi connectivity index (χ2v) is 3.92. The highest BCUT2D eigenvalue weighted by atomic mass is 32.1. The van der Waals surface area contributed by atoms with Crippen molar-refractivity contribution in [3.05, 3.63) is 27.9 Å². The van der Waals surface area contributed by atoms with E-state index in [1.54, 1.807) is 0 Å². The molecule has 4 N–H and O–H groups in total. The summed E-state index contributed by atoms with van der Waals surface area (Å²) in [5, 5.41) is 20.4.